The van der Waals surface area contributed by atoms with Crippen molar-refractivity contribution in [2.24, 2.45) is 0 Å². The lowest BCUT2D eigenvalue weighted by atomic mass is 10.3. The van der Waals surface area contributed by atoms with E-state index in [0.29, 0.717) is 0 Å². The molecule has 0 heterocycles. The highest BCUT2D eigenvalue weighted by Gasteiger charge is 2.47. The first kappa shape index (κ1) is 52.1. The van der Waals surface area contributed by atoms with Gasteiger partial charge in [0, 0.05) is 0 Å². The minimum atomic E-state index is -3.21. The summed E-state index contributed by atoms with van der Waals surface area (Å²) in [6.07, 6.45) is 0. The molecule has 0 atom stereocenters. The molecule has 0 aromatic heterocycles. The topological polar surface area (TPSA) is 0 Å². The summed E-state index contributed by atoms with van der Waals surface area (Å²) in [4.78, 5) is 0. The second kappa shape index (κ2) is 23.1. The first-order valence-electron chi connectivity index (χ1n) is 28.6. The van der Waals surface area contributed by atoms with Crippen LogP contribution >= 0.6 is 0 Å². The van der Waals surface area contributed by atoms with Crippen LogP contribution in [-0.2, 0) is 0 Å². The Morgan fingerprint density at radius 2 is 0.159 bits per heavy atom. The SMILES string of the molecule is c1ccc([Si](c2ccccc2)(c2ccccc2)c2ccc([Si](c3ccccc3)(c3ccc([Si](c4ccccc4)(c4ccccc4)c4ccccc4)cc3)c3ccc([Si](c4ccccc4)(c4ccccc4)c4ccccc4)cc3)cc2)cc1. The van der Waals surface area contributed by atoms with Gasteiger partial charge in [-0.1, -0.05) is 376 Å². The molecule has 0 fully saturated rings. The number of benzene rings is 13. The second-order valence-corrected chi connectivity index (χ2v) is 36.6. The molecule has 0 radical (unpaired) electrons. The average molecular weight is 1110 g/mol. The van der Waals surface area contributed by atoms with Crippen LogP contribution < -0.4 is 83.0 Å². The monoisotopic (exact) mass is 1110 g/mol. The van der Waals surface area contributed by atoms with Crippen LogP contribution in [-0.4, -0.2) is 32.3 Å². The minimum absolute atomic E-state index is 1.34. The fourth-order valence-electron chi connectivity index (χ4n) is 13.8. The normalized spacial score (nSPS) is 11.9. The standard InChI is InChI=1S/C78H62Si4/c1-11-31-63(32-12-1)79(64-33-13-2-14-34-64,65-35-15-3-16-36-65)73-51-57-76(58-52-73)82(72-49-29-10-30-50-72,77-59-53-74(54-60-77)80(66-37-17-4-18-38-66,67-39-19-5-20-40-67)68-41-21-6-22-42-68)78-61-55-75(56-62-78)81(69-43-23-7-24-44-69,70-45-25-8-26-46-70)71-47-27-9-28-48-71/h1-62H. The Morgan fingerprint density at radius 1 is 0.0854 bits per heavy atom. The summed E-state index contributed by atoms with van der Waals surface area (Å²) in [6, 6.07) is 143. The summed E-state index contributed by atoms with van der Waals surface area (Å²) in [5.41, 5.74) is 0. The van der Waals surface area contributed by atoms with Gasteiger partial charge >= 0.3 is 0 Å². The summed E-state index contributed by atoms with van der Waals surface area (Å²) in [6.45, 7) is 0. The number of hydrogen-bond donors (Lipinski definition) is 0. The molecule has 0 aliphatic carbocycles. The summed E-state index contributed by atoms with van der Waals surface area (Å²) in [7, 11) is -11.8. The van der Waals surface area contributed by atoms with E-state index in [2.05, 4.69) is 376 Å². The van der Waals surface area contributed by atoms with Crippen molar-refractivity contribution < 1.29 is 0 Å². The molecule has 390 valence electrons. The fourth-order valence-corrected chi connectivity index (χ4v) is 32.7. The van der Waals surface area contributed by atoms with E-state index in [-0.39, 0.29) is 0 Å². The van der Waals surface area contributed by atoms with Gasteiger partial charge in [0.05, 0.1) is 0 Å². The van der Waals surface area contributed by atoms with Gasteiger partial charge in [0.25, 0.3) is 0 Å². The van der Waals surface area contributed by atoms with E-state index in [0.717, 1.165) is 0 Å². The fraction of sp³-hybridized carbons (Fsp3) is 0. The molecule has 0 saturated heterocycles. The van der Waals surface area contributed by atoms with E-state index in [1.165, 1.54) is 83.0 Å². The lowest BCUT2D eigenvalue weighted by molar-refractivity contribution is 1.65. The smallest absolute Gasteiger partial charge is 0.0623 e. The Hall–Kier alpha value is -9.27. The van der Waals surface area contributed by atoms with Gasteiger partial charge in [-0.2, -0.15) is 0 Å². The van der Waals surface area contributed by atoms with Crippen molar-refractivity contribution in [3.8, 4) is 0 Å². The third-order valence-electron chi connectivity index (χ3n) is 17.3. The second-order valence-electron chi connectivity index (χ2n) is 21.4. The third kappa shape index (κ3) is 8.89. The van der Waals surface area contributed by atoms with E-state index >= 15 is 0 Å². The summed E-state index contributed by atoms with van der Waals surface area (Å²) in [5.74, 6) is 0. The van der Waals surface area contributed by atoms with Gasteiger partial charge in [-0.25, -0.2) is 0 Å². The minimum Gasteiger partial charge on any atom is -0.0623 e. The van der Waals surface area contributed by atoms with Crippen LogP contribution in [0.25, 0.3) is 0 Å². The maximum absolute atomic E-state index is 3.21. The van der Waals surface area contributed by atoms with Crippen LogP contribution in [0.4, 0.5) is 0 Å². The molecule has 4 heteroatoms. The predicted molar refractivity (Wildman–Crippen MR) is 361 cm³/mol. The number of rotatable bonds is 16. The van der Waals surface area contributed by atoms with E-state index in [1.807, 2.05) is 0 Å². The maximum Gasteiger partial charge on any atom is 0.179 e. The van der Waals surface area contributed by atoms with Crippen molar-refractivity contribution >= 4 is 115 Å². The summed E-state index contributed by atoms with van der Waals surface area (Å²) < 4.78 is 0. The predicted octanol–water partition coefficient (Wildman–Crippen LogP) is 7.20. The van der Waals surface area contributed by atoms with E-state index in [4.69, 9.17) is 0 Å². The largest absolute Gasteiger partial charge is 0.179 e. The Bertz CT molecular complexity index is 3420. The lowest BCUT2D eigenvalue weighted by Crippen LogP contribution is -2.77. The molecule has 0 aliphatic rings. The zero-order valence-corrected chi connectivity index (χ0v) is 49.8. The molecular weight excluding hydrogens is 1050 g/mol. The Morgan fingerprint density at radius 3 is 0.244 bits per heavy atom. The Balaban J connectivity index is 1.09. The van der Waals surface area contributed by atoms with Gasteiger partial charge in [-0.05, 0) is 83.0 Å². The van der Waals surface area contributed by atoms with Crippen molar-refractivity contribution in [1.82, 2.24) is 0 Å². The van der Waals surface area contributed by atoms with Crippen LogP contribution in [0.15, 0.2) is 376 Å². The first-order chi connectivity index (χ1) is 40.7. The van der Waals surface area contributed by atoms with Crippen LogP contribution in [0.2, 0.25) is 0 Å². The molecule has 0 bridgehead atoms. The molecule has 13 rings (SSSR count). The highest BCUT2D eigenvalue weighted by atomic mass is 28.3. The van der Waals surface area contributed by atoms with E-state index in [1.54, 1.807) is 0 Å². The van der Waals surface area contributed by atoms with Crippen molar-refractivity contribution in [3.63, 3.8) is 0 Å². The highest BCUT2D eigenvalue weighted by Crippen LogP contribution is 2.17. The highest BCUT2D eigenvalue weighted by molar-refractivity contribution is 7.22. The molecule has 0 unspecified atom stereocenters. The van der Waals surface area contributed by atoms with Gasteiger partial charge in [-0.3, -0.25) is 0 Å². The number of hydrogen-bond acceptors (Lipinski definition) is 0. The first-order valence-corrected chi connectivity index (χ1v) is 36.6. The molecule has 0 spiro atoms. The van der Waals surface area contributed by atoms with Gasteiger partial charge in [0.1, 0.15) is 0 Å². The zero-order valence-electron chi connectivity index (χ0n) is 45.8. The van der Waals surface area contributed by atoms with Gasteiger partial charge in [0.15, 0.2) is 32.3 Å². The van der Waals surface area contributed by atoms with Crippen molar-refractivity contribution in [1.29, 1.82) is 0 Å². The van der Waals surface area contributed by atoms with Gasteiger partial charge < -0.3 is 0 Å². The van der Waals surface area contributed by atoms with Crippen LogP contribution in [0.1, 0.15) is 0 Å². The average Bonchev–Trinajstić information content (AvgIpc) is 2.60. The van der Waals surface area contributed by atoms with Crippen molar-refractivity contribution in [2.75, 3.05) is 0 Å². The molecule has 0 N–H and O–H groups in total. The molecule has 13 aromatic rings. The summed E-state index contributed by atoms with van der Waals surface area (Å²) in [5, 5.41) is 21.7. The molecule has 13 aromatic carbocycles. The van der Waals surface area contributed by atoms with Crippen LogP contribution in [0, 0.1) is 0 Å². The van der Waals surface area contributed by atoms with Gasteiger partial charge in [0.2, 0.25) is 0 Å². The zero-order chi connectivity index (χ0) is 55.1. The van der Waals surface area contributed by atoms with Crippen molar-refractivity contribution in [3.05, 3.63) is 376 Å². The maximum atomic E-state index is 2.53. The van der Waals surface area contributed by atoms with E-state index in [9.17, 15) is 0 Å². The Kier molecular flexibility index (Phi) is 14.7. The molecule has 82 heavy (non-hydrogen) atoms. The molecule has 0 nitrogen and oxygen atoms in total. The van der Waals surface area contributed by atoms with E-state index < -0.39 is 32.3 Å². The Labute approximate surface area is 488 Å². The third-order valence-corrected chi connectivity index (χ3v) is 36.5. The molecule has 0 saturated carbocycles. The molecule has 0 aliphatic heterocycles. The quantitative estimate of drug-likeness (QED) is 0.0711. The van der Waals surface area contributed by atoms with Crippen LogP contribution in [0.3, 0.4) is 0 Å². The van der Waals surface area contributed by atoms with Crippen LogP contribution in [0.5, 0.6) is 0 Å². The van der Waals surface area contributed by atoms with Crippen molar-refractivity contribution in [2.45, 2.75) is 0 Å². The van der Waals surface area contributed by atoms with Gasteiger partial charge in [-0.15, -0.1) is 0 Å². The molecule has 0 amide bonds. The molecular formula is C78H62Si4. The lowest BCUT2D eigenvalue weighted by Gasteiger charge is -2.38. The summed E-state index contributed by atoms with van der Waals surface area (Å²) >= 11 is 0.